The van der Waals surface area contributed by atoms with Gasteiger partial charge in [0.1, 0.15) is 0 Å². The van der Waals surface area contributed by atoms with Gasteiger partial charge in [-0.25, -0.2) is 5.43 Å². The number of carbonyl (C=O) groups is 1. The van der Waals surface area contributed by atoms with E-state index in [1.807, 2.05) is 24.3 Å². The number of benzene rings is 2. The van der Waals surface area contributed by atoms with Crippen molar-refractivity contribution in [3.05, 3.63) is 74.2 Å². The quantitative estimate of drug-likeness (QED) is 0.430. The maximum absolute atomic E-state index is 11.7. The predicted octanol–water partition coefficient (Wildman–Crippen LogP) is 3.74. The van der Waals surface area contributed by atoms with Crippen molar-refractivity contribution in [3.63, 3.8) is 0 Å². The molecule has 0 bridgehead atoms. The molecule has 124 valence electrons. The highest BCUT2D eigenvalue weighted by Crippen LogP contribution is 2.16. The van der Waals surface area contributed by atoms with E-state index in [0.29, 0.717) is 5.75 Å². The van der Waals surface area contributed by atoms with Crippen LogP contribution in [0.4, 0.5) is 5.69 Å². The minimum absolute atomic E-state index is 0.0582. The summed E-state index contributed by atoms with van der Waals surface area (Å²) < 4.78 is 0.899. The Bertz CT molecular complexity index is 750. The van der Waals surface area contributed by atoms with Crippen molar-refractivity contribution in [1.29, 1.82) is 0 Å². The summed E-state index contributed by atoms with van der Waals surface area (Å²) in [6, 6.07) is 13.8. The molecule has 0 saturated carbocycles. The van der Waals surface area contributed by atoms with E-state index in [9.17, 15) is 14.9 Å². The van der Waals surface area contributed by atoms with E-state index in [4.69, 9.17) is 0 Å². The first-order chi connectivity index (χ1) is 11.6. The van der Waals surface area contributed by atoms with E-state index in [0.717, 1.165) is 15.6 Å². The normalized spacial score (nSPS) is 10.7. The SMILES string of the molecule is O=C(CSCc1ccc([N+](=O)[O-])cc1)N/N=C/c1ccccc1Br. The summed E-state index contributed by atoms with van der Waals surface area (Å²) in [6.07, 6.45) is 1.57. The summed E-state index contributed by atoms with van der Waals surface area (Å²) in [5.41, 5.74) is 4.32. The lowest BCUT2D eigenvalue weighted by Crippen LogP contribution is -2.19. The fourth-order valence-corrected chi connectivity index (χ4v) is 2.93. The molecule has 0 heterocycles. The number of hydrogen-bond acceptors (Lipinski definition) is 5. The van der Waals surface area contributed by atoms with Crippen molar-refractivity contribution in [2.24, 2.45) is 5.10 Å². The maximum atomic E-state index is 11.7. The number of hydrazone groups is 1. The average Bonchev–Trinajstić information content (AvgIpc) is 2.57. The van der Waals surface area contributed by atoms with Gasteiger partial charge in [0.15, 0.2) is 0 Å². The highest BCUT2D eigenvalue weighted by atomic mass is 79.9. The van der Waals surface area contributed by atoms with Crippen LogP contribution < -0.4 is 5.43 Å². The molecule has 0 unspecified atom stereocenters. The van der Waals surface area contributed by atoms with Crippen molar-refractivity contribution >= 4 is 45.5 Å². The van der Waals surface area contributed by atoms with Crippen LogP contribution in [0.5, 0.6) is 0 Å². The van der Waals surface area contributed by atoms with Crippen LogP contribution in [0.3, 0.4) is 0 Å². The Labute approximate surface area is 151 Å². The molecule has 0 aliphatic heterocycles. The second-order valence-electron chi connectivity index (χ2n) is 4.73. The molecule has 0 aliphatic rings. The van der Waals surface area contributed by atoms with Gasteiger partial charge in [-0.05, 0) is 11.6 Å². The first kappa shape index (κ1) is 18.2. The van der Waals surface area contributed by atoms with Crippen molar-refractivity contribution in [2.45, 2.75) is 5.75 Å². The van der Waals surface area contributed by atoms with Gasteiger partial charge in [-0.15, -0.1) is 11.8 Å². The standard InChI is InChI=1S/C16H14BrN3O3S/c17-15-4-2-1-3-13(15)9-18-19-16(21)11-24-10-12-5-7-14(8-6-12)20(22)23/h1-9H,10-11H2,(H,19,21)/b18-9+. The summed E-state index contributed by atoms with van der Waals surface area (Å²) in [7, 11) is 0. The number of hydrogen-bond donors (Lipinski definition) is 1. The molecular formula is C16H14BrN3O3S. The van der Waals surface area contributed by atoms with Crippen LogP contribution in [0.15, 0.2) is 58.1 Å². The van der Waals surface area contributed by atoms with Gasteiger partial charge >= 0.3 is 0 Å². The van der Waals surface area contributed by atoms with Gasteiger partial charge in [0.05, 0.1) is 16.9 Å². The maximum Gasteiger partial charge on any atom is 0.269 e. The van der Waals surface area contributed by atoms with Crippen LogP contribution in [-0.4, -0.2) is 22.8 Å². The molecule has 2 rings (SSSR count). The molecule has 0 saturated heterocycles. The number of nitrogens with one attached hydrogen (secondary N) is 1. The second kappa shape index (κ2) is 9.19. The molecule has 1 N–H and O–H groups in total. The van der Waals surface area contributed by atoms with Gasteiger partial charge in [0.2, 0.25) is 5.91 Å². The summed E-state index contributed by atoms with van der Waals surface area (Å²) in [6.45, 7) is 0. The van der Waals surface area contributed by atoms with Crippen molar-refractivity contribution in [1.82, 2.24) is 5.43 Å². The van der Waals surface area contributed by atoms with Gasteiger partial charge in [-0.3, -0.25) is 14.9 Å². The lowest BCUT2D eigenvalue weighted by Gasteiger charge is -2.02. The van der Waals surface area contributed by atoms with E-state index in [1.54, 1.807) is 18.3 Å². The summed E-state index contributed by atoms with van der Waals surface area (Å²) in [5, 5.41) is 14.5. The molecule has 1 amide bonds. The number of nitro groups is 1. The van der Waals surface area contributed by atoms with Crippen molar-refractivity contribution in [3.8, 4) is 0 Å². The Kier molecular flexibility index (Phi) is 6.95. The van der Waals surface area contributed by atoms with Crippen LogP contribution in [0.25, 0.3) is 0 Å². The molecule has 0 aromatic heterocycles. The number of amides is 1. The zero-order valence-corrected chi connectivity index (χ0v) is 14.9. The molecular weight excluding hydrogens is 394 g/mol. The predicted molar refractivity (Wildman–Crippen MR) is 99.1 cm³/mol. The number of carbonyl (C=O) groups excluding carboxylic acids is 1. The first-order valence-corrected chi connectivity index (χ1v) is 8.88. The third-order valence-electron chi connectivity index (χ3n) is 2.95. The van der Waals surface area contributed by atoms with Crippen LogP contribution >= 0.6 is 27.7 Å². The Morgan fingerprint density at radius 1 is 1.25 bits per heavy atom. The Hall–Kier alpha value is -2.19. The van der Waals surface area contributed by atoms with E-state index < -0.39 is 4.92 Å². The topological polar surface area (TPSA) is 84.6 Å². The van der Waals surface area contributed by atoms with E-state index in [2.05, 4.69) is 26.5 Å². The molecule has 0 atom stereocenters. The van der Waals surface area contributed by atoms with Gasteiger partial charge in [-0.2, -0.15) is 5.10 Å². The molecule has 0 fully saturated rings. The third-order valence-corrected chi connectivity index (χ3v) is 4.67. The lowest BCUT2D eigenvalue weighted by molar-refractivity contribution is -0.384. The molecule has 2 aromatic rings. The van der Waals surface area contributed by atoms with Crippen molar-refractivity contribution < 1.29 is 9.72 Å². The molecule has 8 heteroatoms. The van der Waals surface area contributed by atoms with Gasteiger partial charge in [0, 0.05) is 27.9 Å². The van der Waals surface area contributed by atoms with E-state index in [-0.39, 0.29) is 17.3 Å². The molecule has 2 aromatic carbocycles. The Morgan fingerprint density at radius 3 is 2.62 bits per heavy atom. The minimum atomic E-state index is -0.437. The van der Waals surface area contributed by atoms with Gasteiger partial charge in [0.25, 0.3) is 5.69 Å². The van der Waals surface area contributed by atoms with Crippen LogP contribution in [0, 0.1) is 10.1 Å². The second-order valence-corrected chi connectivity index (χ2v) is 6.57. The number of halogens is 1. The Morgan fingerprint density at radius 2 is 1.96 bits per heavy atom. The first-order valence-electron chi connectivity index (χ1n) is 6.94. The number of nitro benzene ring substituents is 1. The molecule has 0 aliphatic carbocycles. The zero-order valence-electron chi connectivity index (χ0n) is 12.5. The summed E-state index contributed by atoms with van der Waals surface area (Å²) >= 11 is 4.81. The highest BCUT2D eigenvalue weighted by molar-refractivity contribution is 9.10. The summed E-state index contributed by atoms with van der Waals surface area (Å²) in [5.74, 6) is 0.647. The summed E-state index contributed by atoms with van der Waals surface area (Å²) in [4.78, 5) is 21.8. The molecule has 0 radical (unpaired) electrons. The zero-order chi connectivity index (χ0) is 17.4. The number of non-ortho nitro benzene ring substituents is 1. The van der Waals surface area contributed by atoms with Crippen molar-refractivity contribution in [2.75, 3.05) is 5.75 Å². The van der Waals surface area contributed by atoms with E-state index in [1.165, 1.54) is 23.9 Å². The fourth-order valence-electron chi connectivity index (χ4n) is 1.76. The van der Waals surface area contributed by atoms with Crippen LogP contribution in [-0.2, 0) is 10.5 Å². The molecule has 24 heavy (non-hydrogen) atoms. The van der Waals surface area contributed by atoms with Gasteiger partial charge < -0.3 is 0 Å². The Balaban J connectivity index is 1.73. The van der Waals surface area contributed by atoms with Crippen LogP contribution in [0.1, 0.15) is 11.1 Å². The largest absolute Gasteiger partial charge is 0.272 e. The number of nitrogens with zero attached hydrogens (tertiary/aromatic N) is 2. The van der Waals surface area contributed by atoms with Gasteiger partial charge in [-0.1, -0.05) is 46.3 Å². The van der Waals surface area contributed by atoms with Crippen LogP contribution in [0.2, 0.25) is 0 Å². The number of rotatable bonds is 7. The number of thioether (sulfide) groups is 1. The lowest BCUT2D eigenvalue weighted by atomic mass is 10.2. The minimum Gasteiger partial charge on any atom is -0.272 e. The smallest absolute Gasteiger partial charge is 0.269 e. The van der Waals surface area contributed by atoms with E-state index >= 15 is 0 Å². The fraction of sp³-hybridized carbons (Fsp3) is 0.125. The highest BCUT2D eigenvalue weighted by Gasteiger charge is 2.05. The molecule has 6 nitrogen and oxygen atoms in total. The molecule has 0 spiro atoms. The monoisotopic (exact) mass is 407 g/mol. The third kappa shape index (κ3) is 5.78. The average molecular weight is 408 g/mol.